The molecule has 3 heterocycles. The summed E-state index contributed by atoms with van der Waals surface area (Å²) in [6.07, 6.45) is 0. The molecule has 0 aliphatic carbocycles. The number of nitriles is 1. The Balaban J connectivity index is 1.72. The van der Waals surface area contributed by atoms with Crippen LogP contribution in [-0.2, 0) is 17.5 Å². The van der Waals surface area contributed by atoms with E-state index in [-0.39, 0.29) is 28.5 Å². The van der Waals surface area contributed by atoms with Gasteiger partial charge in [0.1, 0.15) is 20.8 Å². The average molecular weight is 483 g/mol. The summed E-state index contributed by atoms with van der Waals surface area (Å²) in [5, 5.41) is 12.8. The van der Waals surface area contributed by atoms with Crippen molar-refractivity contribution in [3.63, 3.8) is 0 Å². The number of thioether (sulfide) groups is 1. The zero-order valence-corrected chi connectivity index (χ0v) is 19.7. The van der Waals surface area contributed by atoms with Crippen molar-refractivity contribution in [1.82, 2.24) is 9.55 Å². The number of aromatic nitrogens is 2. The van der Waals surface area contributed by atoms with E-state index >= 15 is 0 Å². The van der Waals surface area contributed by atoms with Crippen LogP contribution >= 0.6 is 34.4 Å². The number of rotatable bonds is 6. The number of nitrogens with zero attached hydrogens (tertiary/aromatic N) is 3. The number of fused-ring (bicyclic) bond motifs is 1. The maximum Gasteiger partial charge on any atom is 0.348 e. The molecule has 2 N–H and O–H groups in total. The summed E-state index contributed by atoms with van der Waals surface area (Å²) in [4.78, 5) is 31.2. The molecule has 4 aromatic rings. The summed E-state index contributed by atoms with van der Waals surface area (Å²) in [6, 6.07) is 11.8. The minimum absolute atomic E-state index is 0.145. The van der Waals surface area contributed by atoms with E-state index in [1.807, 2.05) is 35.7 Å². The third-order valence-corrected chi connectivity index (χ3v) is 7.78. The van der Waals surface area contributed by atoms with E-state index in [2.05, 4.69) is 11.1 Å². The molecule has 0 unspecified atom stereocenters. The number of esters is 1. The van der Waals surface area contributed by atoms with Gasteiger partial charge in [0.2, 0.25) is 0 Å². The molecule has 0 radical (unpaired) electrons. The molecular weight excluding hydrogens is 464 g/mol. The van der Waals surface area contributed by atoms with Crippen LogP contribution in [0.2, 0.25) is 0 Å². The number of ether oxygens (including phenoxy) is 1. The fraction of sp³-hybridized carbons (Fsp3) is 0.182. The molecule has 0 fully saturated rings. The smallest absolute Gasteiger partial charge is 0.348 e. The molecule has 10 heteroatoms. The van der Waals surface area contributed by atoms with Crippen molar-refractivity contribution in [3.05, 3.63) is 62.1 Å². The highest BCUT2D eigenvalue weighted by Gasteiger charge is 2.24. The van der Waals surface area contributed by atoms with Gasteiger partial charge < -0.3 is 10.5 Å². The van der Waals surface area contributed by atoms with Gasteiger partial charge in [-0.1, -0.05) is 42.1 Å². The number of benzene rings is 1. The molecule has 1 aromatic carbocycles. The third-order valence-electron chi connectivity index (χ3n) is 4.81. The van der Waals surface area contributed by atoms with E-state index in [0.717, 1.165) is 22.5 Å². The fourth-order valence-electron chi connectivity index (χ4n) is 3.26. The van der Waals surface area contributed by atoms with E-state index < -0.39 is 5.97 Å². The largest absolute Gasteiger partial charge is 0.462 e. The first-order chi connectivity index (χ1) is 15.5. The van der Waals surface area contributed by atoms with Crippen LogP contribution in [0.4, 0.5) is 5.00 Å². The molecule has 0 saturated carbocycles. The van der Waals surface area contributed by atoms with Gasteiger partial charge in [-0.15, -0.1) is 22.7 Å². The lowest BCUT2D eigenvalue weighted by molar-refractivity contribution is 0.0531. The fourth-order valence-corrected chi connectivity index (χ4v) is 6.27. The summed E-state index contributed by atoms with van der Waals surface area (Å²) in [5.74, 6) is -0.252. The Morgan fingerprint density at radius 2 is 2.09 bits per heavy atom. The Kier molecular flexibility index (Phi) is 6.32. The number of carbonyl (C=O) groups is 1. The normalized spacial score (nSPS) is 10.9. The highest BCUT2D eigenvalue weighted by molar-refractivity contribution is 7.98. The Morgan fingerprint density at radius 1 is 1.34 bits per heavy atom. The van der Waals surface area contributed by atoms with Crippen LogP contribution in [0, 0.1) is 11.3 Å². The molecule has 162 valence electrons. The average Bonchev–Trinajstić information content (AvgIpc) is 3.36. The SMILES string of the molecule is CCOC(=O)c1sc(N)c(C#N)c1CSc1nc2scc(-c3ccccc3)c2c(=O)n1C. The van der Waals surface area contributed by atoms with Crippen molar-refractivity contribution in [2.24, 2.45) is 7.05 Å². The van der Waals surface area contributed by atoms with Crippen molar-refractivity contribution in [3.8, 4) is 17.2 Å². The standard InChI is InChI=1S/C22H18N4O3S3/c1-3-29-21(28)17-15(13(9-23)18(24)32-17)11-31-22-25-19-16(20(27)26(22)2)14(10-30-19)12-7-5-4-6-8-12/h4-8,10H,3,11,24H2,1-2H3. The van der Waals surface area contributed by atoms with E-state index in [4.69, 9.17) is 10.5 Å². The number of nitrogen functional groups attached to an aromatic ring is 1. The first kappa shape index (κ1) is 22.1. The number of thiophene rings is 2. The maximum atomic E-state index is 13.2. The zero-order chi connectivity index (χ0) is 22.8. The first-order valence-corrected chi connectivity index (χ1v) is 12.3. The van der Waals surface area contributed by atoms with Gasteiger partial charge in [-0.05, 0) is 12.5 Å². The number of carbonyl (C=O) groups excluding carboxylic acids is 1. The van der Waals surface area contributed by atoms with E-state index in [1.54, 1.807) is 14.0 Å². The number of anilines is 1. The Morgan fingerprint density at radius 3 is 2.78 bits per heavy atom. The van der Waals surface area contributed by atoms with Crippen molar-refractivity contribution in [1.29, 1.82) is 5.26 Å². The molecule has 0 atom stereocenters. The third kappa shape index (κ3) is 3.90. The monoisotopic (exact) mass is 482 g/mol. The van der Waals surface area contributed by atoms with Crippen LogP contribution in [0.3, 0.4) is 0 Å². The van der Waals surface area contributed by atoms with Crippen LogP contribution in [0.15, 0.2) is 45.7 Å². The lowest BCUT2D eigenvalue weighted by atomic mass is 10.1. The maximum absolute atomic E-state index is 13.2. The Bertz CT molecular complexity index is 1410. The summed E-state index contributed by atoms with van der Waals surface area (Å²) in [5.41, 5.74) is 8.39. The molecular formula is C22H18N4O3S3. The highest BCUT2D eigenvalue weighted by atomic mass is 32.2. The highest BCUT2D eigenvalue weighted by Crippen LogP contribution is 2.36. The van der Waals surface area contributed by atoms with Crippen molar-refractivity contribution in [2.45, 2.75) is 17.8 Å². The van der Waals surface area contributed by atoms with Crippen LogP contribution < -0.4 is 11.3 Å². The summed E-state index contributed by atoms with van der Waals surface area (Å²) in [6.45, 7) is 1.94. The van der Waals surface area contributed by atoms with Gasteiger partial charge in [0.25, 0.3) is 5.56 Å². The van der Waals surface area contributed by atoms with Gasteiger partial charge in [0.15, 0.2) is 5.16 Å². The minimum Gasteiger partial charge on any atom is -0.462 e. The predicted octanol–water partition coefficient (Wildman–Crippen LogP) is 4.65. The molecule has 0 aliphatic heterocycles. The molecule has 3 aromatic heterocycles. The first-order valence-electron chi connectivity index (χ1n) is 9.61. The molecule has 0 aliphatic rings. The second kappa shape index (κ2) is 9.16. The van der Waals surface area contributed by atoms with Crippen LogP contribution in [0.1, 0.15) is 27.7 Å². The van der Waals surface area contributed by atoms with E-state index in [1.165, 1.54) is 27.7 Å². The number of nitrogens with two attached hydrogens (primary N) is 1. The minimum atomic E-state index is -0.510. The Labute approximate surface area is 196 Å². The van der Waals surface area contributed by atoms with Crippen LogP contribution in [-0.4, -0.2) is 22.1 Å². The summed E-state index contributed by atoms with van der Waals surface area (Å²) < 4.78 is 6.60. The van der Waals surface area contributed by atoms with Crippen molar-refractivity contribution >= 4 is 55.6 Å². The van der Waals surface area contributed by atoms with E-state index in [0.29, 0.717) is 25.8 Å². The zero-order valence-electron chi connectivity index (χ0n) is 17.2. The molecule has 4 rings (SSSR count). The van der Waals surface area contributed by atoms with Gasteiger partial charge >= 0.3 is 5.97 Å². The summed E-state index contributed by atoms with van der Waals surface area (Å²) in [7, 11) is 1.67. The molecule has 0 bridgehead atoms. The molecule has 32 heavy (non-hydrogen) atoms. The molecule has 0 amide bonds. The van der Waals surface area contributed by atoms with Gasteiger partial charge in [-0.2, -0.15) is 5.26 Å². The predicted molar refractivity (Wildman–Crippen MR) is 129 cm³/mol. The van der Waals surface area contributed by atoms with Crippen molar-refractivity contribution < 1.29 is 9.53 Å². The molecule has 0 saturated heterocycles. The Hall–Kier alpha value is -3.13. The summed E-state index contributed by atoms with van der Waals surface area (Å²) >= 11 is 3.73. The van der Waals surface area contributed by atoms with Crippen LogP contribution in [0.5, 0.6) is 0 Å². The van der Waals surface area contributed by atoms with Gasteiger partial charge in [0, 0.05) is 29.3 Å². The number of hydrogen-bond donors (Lipinski definition) is 1. The van der Waals surface area contributed by atoms with Gasteiger partial charge in [0.05, 0.1) is 17.6 Å². The van der Waals surface area contributed by atoms with Crippen molar-refractivity contribution in [2.75, 3.05) is 12.3 Å². The lowest BCUT2D eigenvalue weighted by Gasteiger charge is -2.09. The molecule has 7 nitrogen and oxygen atoms in total. The lowest BCUT2D eigenvalue weighted by Crippen LogP contribution is -2.19. The second-order valence-corrected chi connectivity index (χ2v) is 9.58. The van der Waals surface area contributed by atoms with Gasteiger partial charge in [-0.3, -0.25) is 9.36 Å². The quantitative estimate of drug-likeness (QED) is 0.242. The second-order valence-electron chi connectivity index (χ2n) is 6.72. The molecule has 0 spiro atoms. The van der Waals surface area contributed by atoms with E-state index in [9.17, 15) is 14.9 Å². The van der Waals surface area contributed by atoms with Gasteiger partial charge in [-0.25, -0.2) is 9.78 Å². The topological polar surface area (TPSA) is 111 Å². The van der Waals surface area contributed by atoms with Crippen LogP contribution in [0.25, 0.3) is 21.3 Å². The number of hydrogen-bond acceptors (Lipinski definition) is 9.